The molecule has 1 aliphatic heterocycles. The molecular formula is C18H28N2O2. The molecule has 2 aliphatic carbocycles. The van der Waals surface area contributed by atoms with Crippen LogP contribution in [0.25, 0.3) is 0 Å². The molecule has 1 aromatic rings. The fourth-order valence-electron chi connectivity index (χ4n) is 3.81. The van der Waals surface area contributed by atoms with E-state index in [1.54, 1.807) is 0 Å². The molecule has 0 bridgehead atoms. The van der Waals surface area contributed by atoms with Crippen molar-refractivity contribution in [1.29, 1.82) is 0 Å². The van der Waals surface area contributed by atoms with Gasteiger partial charge in [-0.1, -0.05) is 0 Å². The van der Waals surface area contributed by atoms with Gasteiger partial charge in [0.1, 0.15) is 11.5 Å². The minimum absolute atomic E-state index is 0.345. The Morgan fingerprint density at radius 2 is 1.82 bits per heavy atom. The molecule has 1 aromatic heterocycles. The summed E-state index contributed by atoms with van der Waals surface area (Å²) in [5.41, 5.74) is 0. The Labute approximate surface area is 133 Å². The summed E-state index contributed by atoms with van der Waals surface area (Å²) in [7, 11) is 0. The van der Waals surface area contributed by atoms with Crippen molar-refractivity contribution in [2.24, 2.45) is 11.8 Å². The molecule has 2 saturated carbocycles. The van der Waals surface area contributed by atoms with Gasteiger partial charge >= 0.3 is 0 Å². The molecule has 0 amide bonds. The Kier molecular flexibility index (Phi) is 4.25. The molecular weight excluding hydrogens is 276 g/mol. The minimum Gasteiger partial charge on any atom is -0.465 e. The highest BCUT2D eigenvalue weighted by Gasteiger charge is 2.41. The van der Waals surface area contributed by atoms with Crippen LogP contribution in [0.15, 0.2) is 16.5 Å². The van der Waals surface area contributed by atoms with E-state index in [0.717, 1.165) is 62.2 Å². The van der Waals surface area contributed by atoms with Crippen LogP contribution in [0.2, 0.25) is 0 Å². The van der Waals surface area contributed by atoms with Crippen LogP contribution in [0, 0.1) is 18.8 Å². The molecule has 0 unspecified atom stereocenters. The van der Waals surface area contributed by atoms with E-state index < -0.39 is 0 Å². The van der Waals surface area contributed by atoms with E-state index in [1.165, 1.54) is 25.7 Å². The second-order valence-corrected chi connectivity index (χ2v) is 7.22. The summed E-state index contributed by atoms with van der Waals surface area (Å²) in [6, 6.07) is 5.33. The van der Waals surface area contributed by atoms with Crippen molar-refractivity contribution in [2.45, 2.75) is 44.7 Å². The standard InChI is InChI=1S/C18H28N2O2/c1-13-2-7-17(22-13)16(20-8-10-21-11-9-20)12-19-18(14-3-4-14)15-5-6-15/h2,7,14-16,18-19H,3-6,8-12H2,1H3/t16-/m0/s1. The highest BCUT2D eigenvalue weighted by Crippen LogP contribution is 2.44. The smallest absolute Gasteiger partial charge is 0.122 e. The normalized spacial score (nSPS) is 24.8. The molecule has 22 heavy (non-hydrogen) atoms. The van der Waals surface area contributed by atoms with Gasteiger partial charge in [-0.25, -0.2) is 0 Å². The molecule has 3 aliphatic rings. The SMILES string of the molecule is Cc1ccc([C@H](CNC(C2CC2)C2CC2)N2CCOCC2)o1. The van der Waals surface area contributed by atoms with Crippen LogP contribution in [0.3, 0.4) is 0 Å². The second-order valence-electron chi connectivity index (χ2n) is 7.22. The lowest BCUT2D eigenvalue weighted by Gasteiger charge is -2.34. The third-order valence-corrected chi connectivity index (χ3v) is 5.38. The second kappa shape index (κ2) is 6.34. The van der Waals surface area contributed by atoms with Crippen molar-refractivity contribution in [3.8, 4) is 0 Å². The number of ether oxygens (including phenoxy) is 1. The Balaban J connectivity index is 1.44. The fraction of sp³-hybridized carbons (Fsp3) is 0.778. The lowest BCUT2D eigenvalue weighted by Crippen LogP contribution is -2.45. The van der Waals surface area contributed by atoms with E-state index in [1.807, 2.05) is 6.92 Å². The molecule has 122 valence electrons. The van der Waals surface area contributed by atoms with E-state index in [-0.39, 0.29) is 0 Å². The summed E-state index contributed by atoms with van der Waals surface area (Å²) in [5.74, 6) is 4.00. The maximum Gasteiger partial charge on any atom is 0.122 e. The monoisotopic (exact) mass is 304 g/mol. The summed E-state index contributed by atoms with van der Waals surface area (Å²) < 4.78 is 11.5. The summed E-state index contributed by atoms with van der Waals surface area (Å²) >= 11 is 0. The first kappa shape index (κ1) is 14.7. The summed E-state index contributed by atoms with van der Waals surface area (Å²) in [6.45, 7) is 6.72. The van der Waals surface area contributed by atoms with E-state index >= 15 is 0 Å². The van der Waals surface area contributed by atoms with Gasteiger partial charge < -0.3 is 14.5 Å². The largest absolute Gasteiger partial charge is 0.465 e. The van der Waals surface area contributed by atoms with Gasteiger partial charge in [0.25, 0.3) is 0 Å². The first-order valence-electron chi connectivity index (χ1n) is 8.93. The minimum atomic E-state index is 0.345. The molecule has 4 nitrogen and oxygen atoms in total. The third-order valence-electron chi connectivity index (χ3n) is 5.38. The van der Waals surface area contributed by atoms with E-state index in [4.69, 9.17) is 9.15 Å². The van der Waals surface area contributed by atoms with Gasteiger partial charge in [-0.3, -0.25) is 4.90 Å². The van der Waals surface area contributed by atoms with Crippen LogP contribution in [0.4, 0.5) is 0 Å². The number of aryl methyl sites for hydroxylation is 1. The molecule has 0 spiro atoms. The lowest BCUT2D eigenvalue weighted by molar-refractivity contribution is 0.0107. The number of furan rings is 1. The Morgan fingerprint density at radius 1 is 1.14 bits per heavy atom. The van der Waals surface area contributed by atoms with Crippen LogP contribution in [-0.2, 0) is 4.74 Å². The number of nitrogens with zero attached hydrogens (tertiary/aromatic N) is 1. The van der Waals surface area contributed by atoms with Crippen LogP contribution >= 0.6 is 0 Å². The molecule has 2 heterocycles. The van der Waals surface area contributed by atoms with Gasteiger partial charge in [-0.15, -0.1) is 0 Å². The highest BCUT2D eigenvalue weighted by atomic mass is 16.5. The summed E-state index contributed by atoms with van der Waals surface area (Å²) in [4.78, 5) is 2.52. The molecule has 1 saturated heterocycles. The fourth-order valence-corrected chi connectivity index (χ4v) is 3.81. The summed E-state index contributed by atoms with van der Waals surface area (Å²) in [5, 5.41) is 3.91. The van der Waals surface area contributed by atoms with Crippen LogP contribution in [0.1, 0.15) is 43.2 Å². The predicted octanol–water partition coefficient (Wildman–Crippen LogP) is 2.74. The van der Waals surface area contributed by atoms with Gasteiger partial charge in [0.2, 0.25) is 0 Å². The highest BCUT2D eigenvalue weighted by molar-refractivity contribution is 5.11. The average Bonchev–Trinajstić information content (AvgIpc) is 3.45. The quantitative estimate of drug-likeness (QED) is 0.840. The molecule has 4 heteroatoms. The van der Waals surface area contributed by atoms with Crippen LogP contribution < -0.4 is 5.32 Å². The van der Waals surface area contributed by atoms with Crippen molar-refractivity contribution in [1.82, 2.24) is 10.2 Å². The lowest BCUT2D eigenvalue weighted by atomic mass is 10.1. The Hall–Kier alpha value is -0.840. The van der Waals surface area contributed by atoms with Gasteiger partial charge in [-0.05, 0) is 56.6 Å². The molecule has 0 radical (unpaired) electrons. The zero-order chi connectivity index (χ0) is 14.9. The van der Waals surface area contributed by atoms with Gasteiger partial charge in [0.05, 0.1) is 19.3 Å². The van der Waals surface area contributed by atoms with Crippen molar-refractivity contribution < 1.29 is 9.15 Å². The van der Waals surface area contributed by atoms with Crippen LogP contribution in [-0.4, -0.2) is 43.8 Å². The first-order valence-corrected chi connectivity index (χ1v) is 8.93. The van der Waals surface area contributed by atoms with Gasteiger partial charge in [-0.2, -0.15) is 0 Å². The van der Waals surface area contributed by atoms with E-state index in [0.29, 0.717) is 6.04 Å². The Bertz CT molecular complexity index is 475. The van der Waals surface area contributed by atoms with Crippen molar-refractivity contribution in [3.63, 3.8) is 0 Å². The molecule has 1 N–H and O–H groups in total. The van der Waals surface area contributed by atoms with E-state index in [9.17, 15) is 0 Å². The Morgan fingerprint density at radius 3 is 2.36 bits per heavy atom. The average molecular weight is 304 g/mol. The topological polar surface area (TPSA) is 37.6 Å². The zero-order valence-corrected chi connectivity index (χ0v) is 13.6. The molecule has 4 rings (SSSR count). The van der Waals surface area contributed by atoms with E-state index in [2.05, 4.69) is 22.3 Å². The molecule has 3 fully saturated rings. The maximum atomic E-state index is 5.96. The molecule has 0 aromatic carbocycles. The zero-order valence-electron chi connectivity index (χ0n) is 13.6. The predicted molar refractivity (Wildman–Crippen MR) is 85.8 cm³/mol. The number of morpholine rings is 1. The molecule has 1 atom stereocenters. The number of hydrogen-bond acceptors (Lipinski definition) is 4. The number of rotatable bonds is 7. The third kappa shape index (κ3) is 3.39. The van der Waals surface area contributed by atoms with Crippen molar-refractivity contribution in [2.75, 3.05) is 32.8 Å². The maximum absolute atomic E-state index is 5.96. The number of nitrogens with one attached hydrogen (secondary N) is 1. The number of hydrogen-bond donors (Lipinski definition) is 1. The summed E-state index contributed by atoms with van der Waals surface area (Å²) in [6.07, 6.45) is 5.71. The first-order chi connectivity index (χ1) is 10.8. The van der Waals surface area contributed by atoms with Gasteiger partial charge in [0, 0.05) is 25.7 Å². The van der Waals surface area contributed by atoms with Crippen molar-refractivity contribution >= 4 is 0 Å². The van der Waals surface area contributed by atoms with Crippen molar-refractivity contribution in [3.05, 3.63) is 23.7 Å². The van der Waals surface area contributed by atoms with Gasteiger partial charge in [0.15, 0.2) is 0 Å². The van der Waals surface area contributed by atoms with Crippen LogP contribution in [0.5, 0.6) is 0 Å².